The molecule has 34 heavy (non-hydrogen) atoms. The number of fused-ring (bicyclic) bond motifs is 2. The number of thiazole rings is 1. The second-order valence-corrected chi connectivity index (χ2v) is 8.43. The van der Waals surface area contributed by atoms with Crippen LogP contribution < -0.4 is 15.4 Å². The lowest BCUT2D eigenvalue weighted by atomic mass is 10.2. The molecule has 5 aromatic rings. The number of anilines is 2. The Morgan fingerprint density at radius 3 is 2.94 bits per heavy atom. The summed E-state index contributed by atoms with van der Waals surface area (Å²) in [4.78, 5) is 25.4. The summed E-state index contributed by atoms with van der Waals surface area (Å²) in [7, 11) is 0. The number of amides is 1. The highest BCUT2D eigenvalue weighted by Gasteiger charge is 2.17. The zero-order chi connectivity index (χ0) is 23.5. The molecule has 0 saturated carbocycles. The number of hydrogen-bond donors (Lipinski definition) is 2. The summed E-state index contributed by atoms with van der Waals surface area (Å²) >= 11 is 1.57. The van der Waals surface area contributed by atoms with Crippen molar-refractivity contribution >= 4 is 50.6 Å². The number of nitrogens with zero attached hydrogens (tertiary/aromatic N) is 5. The number of ether oxygens (including phenoxy) is 1. The van der Waals surface area contributed by atoms with Crippen LogP contribution in [0, 0.1) is 0 Å². The van der Waals surface area contributed by atoms with E-state index in [0.29, 0.717) is 30.0 Å². The van der Waals surface area contributed by atoms with Crippen LogP contribution in [0.1, 0.15) is 19.5 Å². The zero-order valence-corrected chi connectivity index (χ0v) is 19.5. The molecule has 0 fully saturated rings. The number of hydrogen-bond acceptors (Lipinski definition) is 8. The van der Waals surface area contributed by atoms with E-state index in [4.69, 9.17) is 4.74 Å². The van der Waals surface area contributed by atoms with Crippen molar-refractivity contribution < 1.29 is 9.53 Å². The fourth-order valence-electron chi connectivity index (χ4n) is 3.73. The molecule has 3 heterocycles. The van der Waals surface area contributed by atoms with Crippen LogP contribution in [0.15, 0.2) is 59.8 Å². The van der Waals surface area contributed by atoms with Gasteiger partial charge in [-0.1, -0.05) is 6.07 Å². The van der Waals surface area contributed by atoms with Crippen molar-refractivity contribution in [3.05, 3.63) is 65.5 Å². The van der Waals surface area contributed by atoms with E-state index in [1.165, 1.54) is 6.33 Å². The molecule has 10 heteroatoms. The standard InChI is InChI=1S/C24H23N7O2S/c1-3-25-24(32)15(2)33-21-6-4-5-19-22(21)23(27-13-26-19)30-17-7-8-20-16(9-17)10-29-31(20)11-18-12-34-14-28-18/h4-10,12-15H,3,11H2,1-2H3,(H,25,32)(H,26,27,30)/t15-/m1/s1. The van der Waals surface area contributed by atoms with Crippen LogP contribution in [-0.4, -0.2) is 43.3 Å². The maximum atomic E-state index is 12.2. The number of nitrogens with one attached hydrogen (secondary N) is 2. The van der Waals surface area contributed by atoms with Gasteiger partial charge in [-0.15, -0.1) is 11.3 Å². The van der Waals surface area contributed by atoms with Crippen LogP contribution in [0.25, 0.3) is 21.8 Å². The molecular formula is C24H23N7O2S. The summed E-state index contributed by atoms with van der Waals surface area (Å²) in [5, 5.41) is 14.4. The highest BCUT2D eigenvalue weighted by atomic mass is 32.1. The molecule has 172 valence electrons. The first kappa shape index (κ1) is 21.8. The molecule has 0 aliphatic carbocycles. The number of aromatic nitrogens is 5. The fourth-order valence-corrected chi connectivity index (χ4v) is 4.28. The van der Waals surface area contributed by atoms with Crippen LogP contribution in [0.5, 0.6) is 5.75 Å². The number of carbonyl (C=O) groups excluding carboxylic acids is 1. The van der Waals surface area contributed by atoms with Gasteiger partial charge in [0.2, 0.25) is 0 Å². The molecule has 0 spiro atoms. The van der Waals surface area contributed by atoms with Crippen LogP contribution in [0.2, 0.25) is 0 Å². The largest absolute Gasteiger partial charge is 0.480 e. The Kier molecular flexibility index (Phi) is 6.05. The lowest BCUT2D eigenvalue weighted by Crippen LogP contribution is -2.36. The van der Waals surface area contributed by atoms with Gasteiger partial charge in [-0.05, 0) is 44.2 Å². The van der Waals surface area contributed by atoms with Gasteiger partial charge in [0.25, 0.3) is 5.91 Å². The Morgan fingerprint density at radius 2 is 2.12 bits per heavy atom. The predicted molar refractivity (Wildman–Crippen MR) is 133 cm³/mol. The quantitative estimate of drug-likeness (QED) is 0.349. The lowest BCUT2D eigenvalue weighted by molar-refractivity contribution is -0.127. The van der Waals surface area contributed by atoms with E-state index in [9.17, 15) is 4.79 Å². The molecule has 0 aliphatic heterocycles. The van der Waals surface area contributed by atoms with Gasteiger partial charge in [-0.25, -0.2) is 15.0 Å². The normalized spacial score (nSPS) is 12.1. The van der Waals surface area contributed by atoms with E-state index in [1.807, 2.05) is 65.1 Å². The third-order valence-corrected chi connectivity index (χ3v) is 5.98. The Balaban J connectivity index is 1.45. The summed E-state index contributed by atoms with van der Waals surface area (Å²) < 4.78 is 7.93. The van der Waals surface area contributed by atoms with E-state index >= 15 is 0 Å². The van der Waals surface area contributed by atoms with Crippen molar-refractivity contribution in [2.75, 3.05) is 11.9 Å². The topological polar surface area (TPSA) is 107 Å². The van der Waals surface area contributed by atoms with Crippen LogP contribution in [0.3, 0.4) is 0 Å². The second-order valence-electron chi connectivity index (χ2n) is 7.71. The number of rotatable bonds is 8. The van der Waals surface area contributed by atoms with Gasteiger partial charge in [-0.3, -0.25) is 9.48 Å². The minimum Gasteiger partial charge on any atom is -0.480 e. The third kappa shape index (κ3) is 4.40. The molecule has 1 atom stereocenters. The average molecular weight is 474 g/mol. The van der Waals surface area contributed by atoms with E-state index < -0.39 is 6.10 Å². The monoisotopic (exact) mass is 473 g/mol. The first-order valence-corrected chi connectivity index (χ1v) is 11.8. The summed E-state index contributed by atoms with van der Waals surface area (Å²) in [6, 6.07) is 11.6. The predicted octanol–water partition coefficient (Wildman–Crippen LogP) is 4.13. The smallest absolute Gasteiger partial charge is 0.260 e. The van der Waals surface area contributed by atoms with Gasteiger partial charge in [0.1, 0.15) is 17.9 Å². The van der Waals surface area contributed by atoms with Crippen LogP contribution >= 0.6 is 11.3 Å². The summed E-state index contributed by atoms with van der Waals surface area (Å²) in [5.74, 6) is 0.959. The molecule has 0 saturated heterocycles. The number of carbonyl (C=O) groups is 1. The van der Waals surface area contributed by atoms with Crippen molar-refractivity contribution in [2.24, 2.45) is 0 Å². The molecule has 0 bridgehead atoms. The van der Waals surface area contributed by atoms with Crippen LogP contribution in [0.4, 0.5) is 11.5 Å². The van der Waals surface area contributed by atoms with Crippen molar-refractivity contribution in [1.29, 1.82) is 0 Å². The minimum absolute atomic E-state index is 0.175. The van der Waals surface area contributed by atoms with E-state index in [1.54, 1.807) is 18.3 Å². The first-order valence-electron chi connectivity index (χ1n) is 10.9. The van der Waals surface area contributed by atoms with Gasteiger partial charge in [0, 0.05) is 23.0 Å². The molecule has 9 nitrogen and oxygen atoms in total. The molecular weight excluding hydrogens is 450 g/mol. The minimum atomic E-state index is -0.654. The molecule has 0 radical (unpaired) electrons. The molecule has 1 amide bonds. The summed E-state index contributed by atoms with van der Waals surface area (Å²) in [5.41, 5.74) is 5.40. The average Bonchev–Trinajstić information content (AvgIpc) is 3.50. The fraction of sp³-hybridized carbons (Fsp3) is 0.208. The SMILES string of the molecule is CCNC(=O)[C@@H](C)Oc1cccc2ncnc(Nc3ccc4c(cnn4Cc4cscn4)c3)c12. The first-order chi connectivity index (χ1) is 16.6. The molecule has 2 N–H and O–H groups in total. The summed E-state index contributed by atoms with van der Waals surface area (Å²) in [6.07, 6.45) is 2.69. The Bertz CT molecular complexity index is 1440. The molecule has 3 aromatic heterocycles. The van der Waals surface area contributed by atoms with Gasteiger partial charge in [-0.2, -0.15) is 5.10 Å². The Labute approximate surface area is 199 Å². The zero-order valence-electron chi connectivity index (χ0n) is 18.7. The molecule has 5 rings (SSSR count). The molecule has 0 unspecified atom stereocenters. The molecule has 2 aromatic carbocycles. The van der Waals surface area contributed by atoms with E-state index in [2.05, 4.69) is 30.7 Å². The maximum Gasteiger partial charge on any atom is 0.260 e. The maximum absolute atomic E-state index is 12.2. The van der Waals surface area contributed by atoms with Crippen LogP contribution in [-0.2, 0) is 11.3 Å². The van der Waals surface area contributed by atoms with Gasteiger partial charge < -0.3 is 15.4 Å². The van der Waals surface area contributed by atoms with E-state index in [-0.39, 0.29) is 5.91 Å². The highest BCUT2D eigenvalue weighted by Crippen LogP contribution is 2.32. The van der Waals surface area contributed by atoms with Crippen molar-refractivity contribution in [3.8, 4) is 5.75 Å². The number of benzene rings is 2. The second kappa shape index (κ2) is 9.44. The lowest BCUT2D eigenvalue weighted by Gasteiger charge is -2.17. The van der Waals surface area contributed by atoms with Gasteiger partial charge in [0.15, 0.2) is 6.10 Å². The van der Waals surface area contributed by atoms with Crippen molar-refractivity contribution in [1.82, 2.24) is 30.0 Å². The van der Waals surface area contributed by atoms with Crippen molar-refractivity contribution in [2.45, 2.75) is 26.5 Å². The highest BCUT2D eigenvalue weighted by molar-refractivity contribution is 7.07. The summed E-state index contributed by atoms with van der Waals surface area (Å²) in [6.45, 7) is 4.76. The number of likely N-dealkylation sites (N-methyl/N-ethyl adjacent to an activating group) is 1. The molecule has 0 aliphatic rings. The van der Waals surface area contributed by atoms with Gasteiger partial charge in [0.05, 0.1) is 40.4 Å². The van der Waals surface area contributed by atoms with E-state index in [0.717, 1.165) is 27.8 Å². The Hall–Kier alpha value is -4.05. The van der Waals surface area contributed by atoms with Crippen molar-refractivity contribution in [3.63, 3.8) is 0 Å². The Morgan fingerprint density at radius 1 is 1.21 bits per heavy atom. The van der Waals surface area contributed by atoms with Gasteiger partial charge >= 0.3 is 0 Å². The third-order valence-electron chi connectivity index (χ3n) is 5.35.